The summed E-state index contributed by atoms with van der Waals surface area (Å²) in [5.41, 5.74) is 0.252. The maximum atomic E-state index is 14.0. The molecule has 1 amide bonds. The molecular formula is C18H21ClFN3O3S. The SMILES string of the molecule is CN(C)C(C(=O)NCCNS(=O)(=O)c1ccc(Cl)cc1)c1ccccc1F. The molecule has 2 N–H and O–H groups in total. The van der Waals surface area contributed by atoms with E-state index in [0.29, 0.717) is 5.02 Å². The Bertz CT molecular complexity index is 889. The Balaban J connectivity index is 1.94. The minimum absolute atomic E-state index is 0.00583. The van der Waals surface area contributed by atoms with Crippen LogP contribution in [-0.2, 0) is 14.8 Å². The lowest BCUT2D eigenvalue weighted by Gasteiger charge is -2.24. The normalized spacial score (nSPS) is 12.8. The van der Waals surface area contributed by atoms with E-state index in [9.17, 15) is 17.6 Å². The van der Waals surface area contributed by atoms with Gasteiger partial charge >= 0.3 is 0 Å². The Morgan fingerprint density at radius 3 is 2.33 bits per heavy atom. The predicted octanol–water partition coefficient (Wildman–Crippen LogP) is 2.18. The molecule has 1 atom stereocenters. The highest BCUT2D eigenvalue weighted by molar-refractivity contribution is 7.89. The van der Waals surface area contributed by atoms with Crippen molar-refractivity contribution in [1.82, 2.24) is 14.9 Å². The van der Waals surface area contributed by atoms with Gasteiger partial charge in [-0.15, -0.1) is 0 Å². The number of nitrogens with zero attached hydrogens (tertiary/aromatic N) is 1. The van der Waals surface area contributed by atoms with Crippen molar-refractivity contribution < 1.29 is 17.6 Å². The van der Waals surface area contributed by atoms with E-state index in [1.807, 2.05) is 0 Å². The van der Waals surface area contributed by atoms with Gasteiger partial charge in [-0.1, -0.05) is 29.8 Å². The first-order valence-corrected chi connectivity index (χ1v) is 10.0. The highest BCUT2D eigenvalue weighted by Gasteiger charge is 2.25. The van der Waals surface area contributed by atoms with Crippen LogP contribution in [0.4, 0.5) is 4.39 Å². The second-order valence-corrected chi connectivity index (χ2v) is 8.23. The molecule has 2 aromatic carbocycles. The summed E-state index contributed by atoms with van der Waals surface area (Å²) in [6.45, 7) is 0.0541. The van der Waals surface area contributed by atoms with Gasteiger partial charge in [0.15, 0.2) is 0 Å². The van der Waals surface area contributed by atoms with Crippen LogP contribution in [0.5, 0.6) is 0 Å². The molecule has 0 heterocycles. The van der Waals surface area contributed by atoms with Crippen LogP contribution in [-0.4, -0.2) is 46.4 Å². The third kappa shape index (κ3) is 5.74. The number of rotatable bonds is 8. The van der Waals surface area contributed by atoms with Crippen LogP contribution >= 0.6 is 11.6 Å². The zero-order chi connectivity index (χ0) is 20.0. The van der Waals surface area contributed by atoms with E-state index in [-0.39, 0.29) is 23.5 Å². The fraction of sp³-hybridized carbons (Fsp3) is 0.278. The van der Waals surface area contributed by atoms with Gasteiger partial charge in [0, 0.05) is 23.7 Å². The fourth-order valence-electron chi connectivity index (χ4n) is 2.52. The number of amides is 1. The zero-order valence-electron chi connectivity index (χ0n) is 14.9. The summed E-state index contributed by atoms with van der Waals surface area (Å²) in [5, 5.41) is 3.06. The van der Waals surface area contributed by atoms with Crippen molar-refractivity contribution in [3.05, 3.63) is 64.9 Å². The van der Waals surface area contributed by atoms with Crippen LogP contribution in [0, 0.1) is 5.82 Å². The van der Waals surface area contributed by atoms with E-state index in [1.54, 1.807) is 37.2 Å². The molecule has 9 heteroatoms. The third-order valence-corrected chi connectivity index (χ3v) is 5.53. The summed E-state index contributed by atoms with van der Waals surface area (Å²) >= 11 is 5.75. The summed E-state index contributed by atoms with van der Waals surface area (Å²) in [4.78, 5) is 14.1. The van der Waals surface area contributed by atoms with Crippen molar-refractivity contribution in [3.63, 3.8) is 0 Å². The summed E-state index contributed by atoms with van der Waals surface area (Å²) < 4.78 is 40.8. The molecule has 0 aromatic heterocycles. The number of benzene rings is 2. The number of carbonyl (C=O) groups is 1. The van der Waals surface area contributed by atoms with Crippen LogP contribution in [0.3, 0.4) is 0 Å². The molecule has 0 spiro atoms. The van der Waals surface area contributed by atoms with Crippen LogP contribution in [0.15, 0.2) is 53.4 Å². The Hall–Kier alpha value is -2.00. The topological polar surface area (TPSA) is 78.5 Å². The molecule has 0 saturated heterocycles. The first kappa shape index (κ1) is 21.3. The Labute approximate surface area is 163 Å². The van der Waals surface area contributed by atoms with E-state index < -0.39 is 27.8 Å². The molecule has 0 fully saturated rings. The van der Waals surface area contributed by atoms with Gasteiger partial charge in [-0.05, 0) is 44.4 Å². The fourth-order valence-corrected chi connectivity index (χ4v) is 3.67. The number of hydrogen-bond acceptors (Lipinski definition) is 4. The predicted molar refractivity (Wildman–Crippen MR) is 102 cm³/mol. The maximum Gasteiger partial charge on any atom is 0.242 e. The van der Waals surface area contributed by atoms with Gasteiger partial charge in [0.25, 0.3) is 0 Å². The highest BCUT2D eigenvalue weighted by atomic mass is 35.5. The smallest absolute Gasteiger partial charge is 0.242 e. The molecule has 0 radical (unpaired) electrons. The van der Waals surface area contributed by atoms with Crippen LogP contribution in [0.2, 0.25) is 5.02 Å². The second kappa shape index (κ2) is 9.27. The van der Waals surface area contributed by atoms with Crippen LogP contribution in [0.1, 0.15) is 11.6 Å². The largest absolute Gasteiger partial charge is 0.353 e. The number of hydrogen-bond donors (Lipinski definition) is 2. The average molecular weight is 414 g/mol. The molecule has 6 nitrogen and oxygen atoms in total. The lowest BCUT2D eigenvalue weighted by molar-refractivity contribution is -0.125. The minimum Gasteiger partial charge on any atom is -0.353 e. The van der Waals surface area contributed by atoms with Crippen molar-refractivity contribution in [2.75, 3.05) is 27.2 Å². The Morgan fingerprint density at radius 1 is 1.11 bits per heavy atom. The highest BCUT2D eigenvalue weighted by Crippen LogP contribution is 2.21. The lowest BCUT2D eigenvalue weighted by atomic mass is 10.0. The van der Waals surface area contributed by atoms with Crippen molar-refractivity contribution in [2.45, 2.75) is 10.9 Å². The van der Waals surface area contributed by atoms with Crippen LogP contribution < -0.4 is 10.0 Å². The molecular weight excluding hydrogens is 393 g/mol. The average Bonchev–Trinajstić information content (AvgIpc) is 2.61. The molecule has 0 aliphatic heterocycles. The molecule has 146 valence electrons. The van der Waals surface area contributed by atoms with E-state index >= 15 is 0 Å². The summed E-state index contributed by atoms with van der Waals surface area (Å²) in [7, 11) is -0.368. The first-order chi connectivity index (χ1) is 12.7. The summed E-state index contributed by atoms with van der Waals surface area (Å²) in [5.74, 6) is -0.898. The number of nitrogens with one attached hydrogen (secondary N) is 2. The van der Waals surface area contributed by atoms with Crippen molar-refractivity contribution >= 4 is 27.5 Å². The Morgan fingerprint density at radius 2 is 1.74 bits per heavy atom. The van der Waals surface area contributed by atoms with E-state index in [2.05, 4.69) is 10.0 Å². The van der Waals surface area contributed by atoms with Crippen LogP contribution in [0.25, 0.3) is 0 Å². The zero-order valence-corrected chi connectivity index (χ0v) is 16.5. The molecule has 0 bridgehead atoms. The maximum absolute atomic E-state index is 14.0. The number of sulfonamides is 1. The van der Waals surface area contributed by atoms with Crippen molar-refractivity contribution in [2.24, 2.45) is 0 Å². The monoisotopic (exact) mass is 413 g/mol. The third-order valence-electron chi connectivity index (χ3n) is 3.80. The van der Waals surface area contributed by atoms with Gasteiger partial charge < -0.3 is 5.32 Å². The molecule has 27 heavy (non-hydrogen) atoms. The standard InChI is InChI=1S/C18H21ClFN3O3S/c1-23(2)17(15-5-3-4-6-16(15)20)18(24)21-11-12-22-27(25,26)14-9-7-13(19)8-10-14/h3-10,17,22H,11-12H2,1-2H3,(H,21,24). The molecule has 0 saturated carbocycles. The lowest BCUT2D eigenvalue weighted by Crippen LogP contribution is -2.41. The molecule has 0 aliphatic carbocycles. The molecule has 1 unspecified atom stereocenters. The summed E-state index contributed by atoms with van der Waals surface area (Å²) in [6.07, 6.45) is 0. The molecule has 2 aromatic rings. The van der Waals surface area contributed by atoms with Gasteiger partial charge in [-0.3, -0.25) is 9.69 Å². The van der Waals surface area contributed by atoms with Crippen molar-refractivity contribution in [3.8, 4) is 0 Å². The van der Waals surface area contributed by atoms with E-state index in [0.717, 1.165) is 0 Å². The summed E-state index contributed by atoms with van der Waals surface area (Å²) in [6, 6.07) is 11.0. The van der Waals surface area contributed by atoms with Crippen molar-refractivity contribution in [1.29, 1.82) is 0 Å². The van der Waals surface area contributed by atoms with Gasteiger partial charge in [0.1, 0.15) is 11.9 Å². The van der Waals surface area contributed by atoms with Gasteiger partial charge in [0.2, 0.25) is 15.9 Å². The van der Waals surface area contributed by atoms with E-state index in [1.165, 1.54) is 30.3 Å². The van der Waals surface area contributed by atoms with Gasteiger partial charge in [0.05, 0.1) is 4.90 Å². The number of halogens is 2. The van der Waals surface area contributed by atoms with Gasteiger partial charge in [-0.25, -0.2) is 17.5 Å². The van der Waals surface area contributed by atoms with Gasteiger partial charge in [-0.2, -0.15) is 0 Å². The van der Waals surface area contributed by atoms with E-state index in [4.69, 9.17) is 11.6 Å². The first-order valence-electron chi connectivity index (χ1n) is 8.16. The Kier molecular flexibility index (Phi) is 7.32. The second-order valence-electron chi connectivity index (χ2n) is 6.03. The molecule has 2 rings (SSSR count). The number of likely N-dealkylation sites (N-methyl/N-ethyl adjacent to an activating group) is 1. The quantitative estimate of drug-likeness (QED) is 0.650. The number of carbonyl (C=O) groups excluding carboxylic acids is 1. The molecule has 0 aliphatic rings. The minimum atomic E-state index is -3.70.